The van der Waals surface area contributed by atoms with E-state index in [4.69, 9.17) is 17.2 Å². The minimum Gasteiger partial charge on any atom is -0.508 e. The van der Waals surface area contributed by atoms with E-state index in [9.17, 15) is 58.5 Å². The number of phenols is 1. The highest BCUT2D eigenvalue weighted by atomic mass is 32.2. The molecule has 8 atom stereocenters. The summed E-state index contributed by atoms with van der Waals surface area (Å²) < 4.78 is 0. The highest BCUT2D eigenvalue weighted by molar-refractivity contribution is 7.98. The zero-order chi connectivity index (χ0) is 58.3. The van der Waals surface area contributed by atoms with Crippen molar-refractivity contribution in [1.82, 2.24) is 46.8 Å². The van der Waals surface area contributed by atoms with Crippen LogP contribution in [0.2, 0.25) is 0 Å². The minimum absolute atomic E-state index is 0.00938. The van der Waals surface area contributed by atoms with E-state index in [2.05, 4.69) is 46.9 Å². The third-order valence-electron chi connectivity index (χ3n) is 12.9. The van der Waals surface area contributed by atoms with E-state index in [0.29, 0.717) is 29.0 Å². The highest BCUT2D eigenvalue weighted by Crippen LogP contribution is 2.22. The van der Waals surface area contributed by atoms with E-state index in [1.807, 2.05) is 30.3 Å². The van der Waals surface area contributed by atoms with Gasteiger partial charge in [-0.05, 0) is 60.4 Å². The number of aromatic nitrogens is 2. The maximum absolute atomic E-state index is 14.8. The Morgan fingerprint density at radius 2 is 1.30 bits per heavy atom. The van der Waals surface area contributed by atoms with Crippen molar-refractivity contribution in [1.29, 1.82) is 0 Å². The van der Waals surface area contributed by atoms with E-state index in [-0.39, 0.29) is 69.1 Å². The number of phenolic OH excluding ortho intramolecular Hbond substituents is 1. The molecule has 0 aliphatic carbocycles. The van der Waals surface area contributed by atoms with E-state index >= 15 is 0 Å². The normalized spacial score (nSPS) is 15.6. The average molecular weight is 1130 g/mol. The zero-order valence-electron chi connectivity index (χ0n) is 44.4. The van der Waals surface area contributed by atoms with Crippen LogP contribution in [0.15, 0.2) is 102 Å². The number of hydrogen-bond donors (Lipinski definition) is 13. The lowest BCUT2D eigenvalue weighted by Gasteiger charge is -2.31. The van der Waals surface area contributed by atoms with Gasteiger partial charge in [0.05, 0.1) is 18.8 Å². The molecule has 5 rings (SSSR count). The molecule has 2 heterocycles. The number of guanidine groups is 1. The first kappa shape index (κ1) is 62.3. The smallest absolute Gasteiger partial charge is 0.326 e. The quantitative estimate of drug-likeness (QED) is 0.0173. The Morgan fingerprint density at radius 3 is 1.91 bits per heavy atom. The Labute approximate surface area is 466 Å². The molecule has 26 heteroatoms. The predicted molar refractivity (Wildman–Crippen MR) is 296 cm³/mol. The summed E-state index contributed by atoms with van der Waals surface area (Å²) >= 11 is 1.29. The van der Waals surface area contributed by atoms with Crippen LogP contribution in [0.1, 0.15) is 68.3 Å². The van der Waals surface area contributed by atoms with Crippen molar-refractivity contribution in [2.24, 2.45) is 28.1 Å². The number of thioether (sulfide) groups is 1. The number of carboxylic acid groups (broad SMARTS) is 2. The molecule has 0 saturated carbocycles. The van der Waals surface area contributed by atoms with Crippen molar-refractivity contribution < 1.29 is 58.5 Å². The average Bonchev–Trinajstić information content (AvgIpc) is 4.14. The SMILES string of the molecule is CC(C)[C@H](NC(=O)[C@H](CCCN=C(N)N)NC(=O)[C@@H](N)CC(=O)O)C(=O)N[C@@H](Cc1ccc(O)cc1)C(=O)N[C@@H](CSCc1ccccc1)C(=O)N[C@@H](Cc1cnc[nH]1)C(=O)N1CCC[C@H]1C(=O)N[C@@H](Cc1ccccc1)C(=O)O. The van der Waals surface area contributed by atoms with Crippen molar-refractivity contribution in [3.8, 4) is 5.75 Å². The minimum atomic E-state index is -1.52. The number of imidazole rings is 1. The number of amides is 7. The second-order valence-electron chi connectivity index (χ2n) is 19.6. The monoisotopic (exact) mass is 1130 g/mol. The van der Waals surface area contributed by atoms with Crippen LogP contribution in [-0.2, 0) is 68.2 Å². The molecule has 7 amide bonds. The molecule has 4 aromatic rings. The molecular formula is C54H71N13O12S. The Hall–Kier alpha value is -8.52. The number of aromatic hydroxyl groups is 1. The molecule has 1 aromatic heterocycles. The number of aliphatic carboxylic acids is 2. The van der Waals surface area contributed by atoms with Gasteiger partial charge >= 0.3 is 11.9 Å². The highest BCUT2D eigenvalue weighted by Gasteiger charge is 2.40. The number of aromatic amines is 1. The summed E-state index contributed by atoms with van der Waals surface area (Å²) in [6, 6.07) is 13.1. The molecule has 1 aliphatic heterocycles. The fraction of sp³-hybridized carbons (Fsp3) is 0.426. The van der Waals surface area contributed by atoms with Crippen LogP contribution in [-0.4, -0.2) is 157 Å². The summed E-state index contributed by atoms with van der Waals surface area (Å²) in [6.07, 6.45) is 2.49. The van der Waals surface area contributed by atoms with Gasteiger partial charge in [-0.3, -0.25) is 43.3 Å². The van der Waals surface area contributed by atoms with Gasteiger partial charge in [0.15, 0.2) is 5.96 Å². The lowest BCUT2D eigenvalue weighted by Crippen LogP contribution is -2.61. The number of benzene rings is 3. The van der Waals surface area contributed by atoms with Crippen LogP contribution in [0.4, 0.5) is 0 Å². The number of carboxylic acids is 2. The summed E-state index contributed by atoms with van der Waals surface area (Å²) in [5, 5.41) is 45.4. The Kier molecular flexibility index (Phi) is 24.3. The summed E-state index contributed by atoms with van der Waals surface area (Å²) in [6.45, 7) is 3.41. The number of H-pyrrole nitrogens is 1. The number of carbonyl (C=O) groups is 9. The number of nitrogens with zero attached hydrogens (tertiary/aromatic N) is 3. The molecule has 0 spiro atoms. The molecule has 1 aliphatic rings. The molecule has 16 N–H and O–H groups in total. The Bertz CT molecular complexity index is 2750. The number of hydrogen-bond acceptors (Lipinski definition) is 14. The van der Waals surface area contributed by atoms with Crippen LogP contribution in [0.25, 0.3) is 0 Å². The first-order chi connectivity index (χ1) is 38.2. The number of rotatable bonds is 31. The largest absolute Gasteiger partial charge is 0.508 e. The standard InChI is InChI=1S/C54H71N13O12S/c1-31(2)45(66-47(72)38(15-9-21-59-54(56)57)61-46(71)37(55)26-44(69)70)51(76)62-39(23-33-17-19-36(68)20-18-33)48(73)65-42(29-80-28-34-13-7-4-8-14-34)49(74)63-40(25-35-27-58-30-60-35)52(77)67-22-10-16-43(67)50(75)64-41(53(78)79)24-32-11-5-3-6-12-32/h3-8,11-14,17-20,27,30-31,37-43,45,68H,9-10,15-16,21-26,28-29,55H2,1-2H3,(H,58,60)(H,61,71)(H,62,76)(H,63,74)(H,64,75)(H,65,73)(H,66,72)(H,69,70)(H,78,79)(H4,56,57,59)/t37-,38-,39-,40-,41-,42-,43-,45-/m0/s1. The van der Waals surface area contributed by atoms with Crippen molar-refractivity contribution >= 4 is 71.0 Å². The van der Waals surface area contributed by atoms with Crippen LogP contribution < -0.4 is 49.1 Å². The molecular weight excluding hydrogens is 1050 g/mol. The number of nitrogens with one attached hydrogen (secondary N) is 7. The Balaban J connectivity index is 1.41. The van der Waals surface area contributed by atoms with Gasteiger partial charge in [-0.1, -0.05) is 86.6 Å². The summed E-state index contributed by atoms with van der Waals surface area (Å²) in [5.74, 6) is -8.84. The van der Waals surface area contributed by atoms with E-state index < -0.39 is 114 Å². The number of nitrogens with two attached hydrogens (primary N) is 3. The van der Waals surface area contributed by atoms with Gasteiger partial charge in [-0.2, -0.15) is 11.8 Å². The second-order valence-corrected chi connectivity index (χ2v) is 20.6. The van der Waals surface area contributed by atoms with Crippen molar-refractivity contribution in [3.05, 3.63) is 120 Å². The van der Waals surface area contributed by atoms with Gasteiger partial charge in [0.1, 0.15) is 48.0 Å². The zero-order valence-corrected chi connectivity index (χ0v) is 45.2. The van der Waals surface area contributed by atoms with Crippen molar-refractivity contribution in [3.63, 3.8) is 0 Å². The molecule has 1 saturated heterocycles. The predicted octanol–water partition coefficient (Wildman–Crippen LogP) is -0.427. The summed E-state index contributed by atoms with van der Waals surface area (Å²) in [5.41, 5.74) is 19.2. The third-order valence-corrected chi connectivity index (χ3v) is 14.0. The van der Waals surface area contributed by atoms with Crippen molar-refractivity contribution in [2.45, 2.75) is 119 Å². The van der Waals surface area contributed by atoms with Crippen molar-refractivity contribution in [2.75, 3.05) is 18.8 Å². The molecule has 3 aromatic carbocycles. The summed E-state index contributed by atoms with van der Waals surface area (Å²) in [4.78, 5) is 135. The lowest BCUT2D eigenvalue weighted by atomic mass is 9.99. The number of carbonyl (C=O) groups excluding carboxylic acids is 7. The van der Waals surface area contributed by atoms with Crippen LogP contribution >= 0.6 is 11.8 Å². The summed E-state index contributed by atoms with van der Waals surface area (Å²) in [7, 11) is 0. The molecule has 430 valence electrons. The van der Waals surface area contributed by atoms with Gasteiger partial charge in [0.25, 0.3) is 0 Å². The van der Waals surface area contributed by atoms with Crippen LogP contribution in [0.3, 0.4) is 0 Å². The van der Waals surface area contributed by atoms with Gasteiger partial charge in [-0.15, -0.1) is 0 Å². The maximum atomic E-state index is 14.8. The first-order valence-electron chi connectivity index (χ1n) is 26.0. The third kappa shape index (κ3) is 20.0. The van der Waals surface area contributed by atoms with Gasteiger partial charge in [-0.25, -0.2) is 9.78 Å². The van der Waals surface area contributed by atoms with E-state index in [1.165, 1.54) is 53.5 Å². The fourth-order valence-corrected chi connectivity index (χ4v) is 9.71. The topological polar surface area (TPSA) is 409 Å². The van der Waals surface area contributed by atoms with E-state index in [0.717, 1.165) is 5.56 Å². The van der Waals surface area contributed by atoms with E-state index in [1.54, 1.807) is 44.2 Å². The molecule has 0 bridgehead atoms. The maximum Gasteiger partial charge on any atom is 0.326 e. The molecule has 1 fully saturated rings. The molecule has 0 radical (unpaired) electrons. The number of aliphatic imine (C=N–C) groups is 1. The molecule has 80 heavy (non-hydrogen) atoms. The van der Waals surface area contributed by atoms with Gasteiger partial charge in [0.2, 0.25) is 41.4 Å². The Morgan fingerprint density at radius 1 is 0.713 bits per heavy atom. The van der Waals surface area contributed by atoms with Gasteiger partial charge < -0.3 is 74.3 Å². The van der Waals surface area contributed by atoms with Gasteiger partial charge in [0, 0.05) is 55.7 Å². The fourth-order valence-electron chi connectivity index (χ4n) is 8.69. The first-order valence-corrected chi connectivity index (χ1v) is 27.1. The van der Waals surface area contributed by atoms with Crippen LogP contribution in [0.5, 0.6) is 5.75 Å². The number of likely N-dealkylation sites (tertiary alicyclic amines) is 1. The van der Waals surface area contributed by atoms with Crippen LogP contribution in [0, 0.1) is 5.92 Å². The lowest BCUT2D eigenvalue weighted by molar-refractivity contribution is -0.145. The molecule has 25 nitrogen and oxygen atoms in total. The molecule has 0 unspecified atom stereocenters. The second kappa shape index (κ2) is 31.2.